The van der Waals surface area contributed by atoms with Crippen molar-refractivity contribution in [3.8, 4) is 0 Å². The van der Waals surface area contributed by atoms with Crippen molar-refractivity contribution in [3.05, 3.63) is 0 Å². The van der Waals surface area contributed by atoms with E-state index in [9.17, 15) is 48.3 Å². The molecule has 6 amide bonds. The molecule has 6 atom stereocenters. The Bertz CT molecular complexity index is 1420. The molecular formula is C32H56N13O11S. The SMILES string of the molecule is CSCC[C@H](NC(=O)[C@H](CCC(=O)O)NC(=O)[C@@H](N)CCC(=O)O)C(=O)N[C@@H](CCC(N)=O)C(=O)N[C@@H](CCCNC(=N)N)C(=O)N[C@H]([C]=O)CCCNC(=N)N. The van der Waals surface area contributed by atoms with Crippen LogP contribution in [-0.4, -0.2) is 137 Å². The van der Waals surface area contributed by atoms with Crippen LogP contribution >= 0.6 is 11.8 Å². The number of aliphatic carboxylic acids is 2. The zero-order chi connectivity index (χ0) is 43.5. The molecule has 0 fully saturated rings. The first-order valence-electron chi connectivity index (χ1n) is 17.8. The van der Waals surface area contributed by atoms with Crippen molar-refractivity contribution >= 4 is 77.3 Å². The number of amides is 6. The van der Waals surface area contributed by atoms with E-state index in [4.69, 9.17) is 38.9 Å². The molecule has 0 unspecified atom stereocenters. The third kappa shape index (κ3) is 24.4. The number of nitrogens with two attached hydrogens (primary N) is 4. The molecule has 25 heteroatoms. The largest absolute Gasteiger partial charge is 0.481 e. The molecule has 1 radical (unpaired) electrons. The van der Waals surface area contributed by atoms with E-state index < -0.39 is 109 Å². The Balaban J connectivity index is 6.26. The highest BCUT2D eigenvalue weighted by molar-refractivity contribution is 7.98. The number of rotatable bonds is 31. The number of guanidine groups is 2. The molecule has 321 valence electrons. The molecule has 0 saturated heterocycles. The van der Waals surface area contributed by atoms with E-state index >= 15 is 0 Å². The average Bonchev–Trinajstić information content (AvgIpc) is 3.13. The van der Waals surface area contributed by atoms with Crippen molar-refractivity contribution in [1.29, 1.82) is 10.8 Å². The maximum atomic E-state index is 13.7. The van der Waals surface area contributed by atoms with Gasteiger partial charge in [0.25, 0.3) is 0 Å². The average molecular weight is 831 g/mol. The number of carbonyl (C=O) groups is 8. The third-order valence-corrected chi connectivity index (χ3v) is 8.55. The van der Waals surface area contributed by atoms with Crippen molar-refractivity contribution < 1.29 is 53.4 Å². The third-order valence-electron chi connectivity index (χ3n) is 7.90. The van der Waals surface area contributed by atoms with E-state index in [2.05, 4.69) is 37.2 Å². The van der Waals surface area contributed by atoms with Crippen LogP contribution < -0.4 is 60.2 Å². The second-order valence-electron chi connectivity index (χ2n) is 12.6. The van der Waals surface area contributed by atoms with E-state index in [-0.39, 0.29) is 63.5 Å². The molecule has 57 heavy (non-hydrogen) atoms. The van der Waals surface area contributed by atoms with Crippen molar-refractivity contribution in [2.45, 2.75) is 107 Å². The lowest BCUT2D eigenvalue weighted by Crippen LogP contribution is -2.59. The number of carboxylic acids is 2. The summed E-state index contributed by atoms with van der Waals surface area (Å²) in [4.78, 5) is 112. The number of primary amides is 1. The highest BCUT2D eigenvalue weighted by Gasteiger charge is 2.32. The van der Waals surface area contributed by atoms with E-state index in [1.54, 1.807) is 12.5 Å². The van der Waals surface area contributed by atoms with Gasteiger partial charge in [0, 0.05) is 32.4 Å². The molecule has 0 aromatic heterocycles. The van der Waals surface area contributed by atoms with Gasteiger partial charge in [0.1, 0.15) is 24.2 Å². The molecule has 0 aliphatic heterocycles. The summed E-state index contributed by atoms with van der Waals surface area (Å²) < 4.78 is 0. The van der Waals surface area contributed by atoms with E-state index in [0.29, 0.717) is 12.2 Å². The number of nitrogens with one attached hydrogen (secondary N) is 9. The van der Waals surface area contributed by atoms with Crippen molar-refractivity contribution in [1.82, 2.24) is 37.2 Å². The van der Waals surface area contributed by atoms with Gasteiger partial charge < -0.3 is 70.4 Å². The minimum Gasteiger partial charge on any atom is -0.481 e. The minimum atomic E-state index is -1.52. The summed E-state index contributed by atoms with van der Waals surface area (Å²) in [5.74, 6) is -8.30. The Morgan fingerprint density at radius 1 is 0.596 bits per heavy atom. The lowest BCUT2D eigenvalue weighted by Gasteiger charge is -2.27. The molecule has 0 aromatic rings. The first-order chi connectivity index (χ1) is 26.8. The molecule has 0 rings (SSSR count). The molecule has 0 heterocycles. The van der Waals surface area contributed by atoms with Crippen molar-refractivity contribution in [3.63, 3.8) is 0 Å². The van der Waals surface area contributed by atoms with Crippen molar-refractivity contribution in [2.75, 3.05) is 25.1 Å². The molecule has 0 aliphatic carbocycles. The van der Waals surface area contributed by atoms with E-state index in [1.165, 1.54) is 11.8 Å². The standard InChI is InChI=1S/C32H56N13O11S/c1-57-15-12-22(45-29(55)21(8-11-25(50)51)42-26(52)18(33)6-10-24(48)49)30(56)44-20(7-9-23(34)47)28(54)43-19(5-3-14-40-32(37)38)27(53)41-17(16-46)4-2-13-39-31(35)36/h17-22H,2-15,33H2,1H3,(H2,34,47)(H,41,53)(H,42,52)(H,43,54)(H,44,56)(H,45,55)(H,48,49)(H,50,51)(H4,35,36,39)(H4,37,38,40)/t17-,18-,19-,20-,21-,22-/m0/s1. The second kappa shape index (κ2) is 28.7. The molecule has 19 N–H and O–H groups in total. The predicted octanol–water partition coefficient (Wildman–Crippen LogP) is -4.88. The Labute approximate surface area is 333 Å². The van der Waals surface area contributed by atoms with Crippen LogP contribution in [0.2, 0.25) is 0 Å². The van der Waals surface area contributed by atoms with Crippen LogP contribution in [-0.2, 0) is 43.2 Å². The van der Waals surface area contributed by atoms with Crippen LogP contribution in [0.4, 0.5) is 0 Å². The summed E-state index contributed by atoms with van der Waals surface area (Å²) in [5.41, 5.74) is 21.6. The minimum absolute atomic E-state index is 0.0275. The predicted molar refractivity (Wildman–Crippen MR) is 207 cm³/mol. The quantitative estimate of drug-likeness (QED) is 0.0177. The van der Waals surface area contributed by atoms with E-state index in [0.717, 1.165) is 0 Å². The number of thioether (sulfide) groups is 1. The summed E-state index contributed by atoms with van der Waals surface area (Å²) in [7, 11) is 0. The first kappa shape index (κ1) is 51.3. The maximum Gasteiger partial charge on any atom is 0.303 e. The monoisotopic (exact) mass is 830 g/mol. The van der Waals surface area contributed by atoms with Crippen LogP contribution in [0.5, 0.6) is 0 Å². The zero-order valence-corrected chi connectivity index (χ0v) is 32.5. The fourth-order valence-corrected chi connectivity index (χ4v) is 5.33. The van der Waals surface area contributed by atoms with Gasteiger partial charge in [-0.25, -0.2) is 0 Å². The molecule has 0 bridgehead atoms. The number of hydrogen-bond donors (Lipinski definition) is 15. The lowest BCUT2D eigenvalue weighted by molar-refractivity contribution is -0.139. The van der Waals surface area contributed by atoms with Gasteiger partial charge in [-0.15, -0.1) is 0 Å². The lowest BCUT2D eigenvalue weighted by atomic mass is 10.0. The van der Waals surface area contributed by atoms with Crippen molar-refractivity contribution in [2.24, 2.45) is 22.9 Å². The highest BCUT2D eigenvalue weighted by atomic mass is 32.2. The molecule has 0 saturated carbocycles. The van der Waals surface area contributed by atoms with Crippen LogP contribution in [0, 0.1) is 10.8 Å². The summed E-state index contributed by atoms with van der Waals surface area (Å²) in [6.45, 7) is 0.343. The topological polar surface area (TPSA) is 430 Å². The first-order valence-corrected chi connectivity index (χ1v) is 19.2. The Morgan fingerprint density at radius 3 is 1.44 bits per heavy atom. The van der Waals surface area contributed by atoms with Crippen LogP contribution in [0.3, 0.4) is 0 Å². The molecule has 0 aromatic carbocycles. The van der Waals surface area contributed by atoms with Gasteiger partial charge in [-0.2, -0.15) is 11.8 Å². The fraction of sp³-hybridized carbons (Fsp3) is 0.656. The highest BCUT2D eigenvalue weighted by Crippen LogP contribution is 2.09. The summed E-state index contributed by atoms with van der Waals surface area (Å²) in [6.07, 6.45) is 1.41. The van der Waals surface area contributed by atoms with Gasteiger partial charge in [0.05, 0.1) is 12.1 Å². The van der Waals surface area contributed by atoms with Crippen LogP contribution in [0.1, 0.15) is 70.6 Å². The van der Waals surface area contributed by atoms with Gasteiger partial charge in [-0.3, -0.25) is 54.0 Å². The molecule has 24 nitrogen and oxygen atoms in total. The van der Waals surface area contributed by atoms with Gasteiger partial charge in [0.15, 0.2) is 11.9 Å². The fourth-order valence-electron chi connectivity index (χ4n) is 4.86. The number of hydrogen-bond acceptors (Lipinski definition) is 13. The maximum absolute atomic E-state index is 13.7. The van der Waals surface area contributed by atoms with Gasteiger partial charge in [-0.1, -0.05) is 0 Å². The Hall–Kier alpha value is -5.72. The second-order valence-corrected chi connectivity index (χ2v) is 13.6. The smallest absolute Gasteiger partial charge is 0.303 e. The molecule has 0 spiro atoms. The Morgan fingerprint density at radius 2 is 1.00 bits per heavy atom. The van der Waals surface area contributed by atoms with Crippen LogP contribution in [0.15, 0.2) is 0 Å². The number of carboxylic acid groups (broad SMARTS) is 2. The van der Waals surface area contributed by atoms with Crippen LogP contribution in [0.25, 0.3) is 0 Å². The molecule has 0 aliphatic rings. The zero-order valence-electron chi connectivity index (χ0n) is 31.6. The molecular weight excluding hydrogens is 774 g/mol. The van der Waals surface area contributed by atoms with Gasteiger partial charge >= 0.3 is 11.9 Å². The summed E-state index contributed by atoms with van der Waals surface area (Å²) >= 11 is 1.30. The normalized spacial score (nSPS) is 13.8. The summed E-state index contributed by atoms with van der Waals surface area (Å²) in [6, 6.07) is -8.19. The summed E-state index contributed by atoms with van der Waals surface area (Å²) in [5, 5.41) is 50.0. The van der Waals surface area contributed by atoms with Gasteiger partial charge in [0.2, 0.25) is 41.7 Å². The van der Waals surface area contributed by atoms with E-state index in [1.807, 2.05) is 0 Å². The Kier molecular flexibility index (Phi) is 25.8. The van der Waals surface area contributed by atoms with Gasteiger partial charge in [-0.05, 0) is 63.4 Å². The number of carbonyl (C=O) groups excluding carboxylic acids is 7.